The van der Waals surface area contributed by atoms with E-state index in [0.29, 0.717) is 5.92 Å². The molecule has 6 aromatic carbocycles. The summed E-state index contributed by atoms with van der Waals surface area (Å²) < 4.78 is 0. The normalized spacial score (nSPS) is 15.7. The molecule has 2 aliphatic carbocycles. The molecule has 1 nitrogen and oxygen atoms in total. The number of hydrogen-bond acceptors (Lipinski definition) is 1. The second-order valence-electron chi connectivity index (χ2n) is 15.7. The molecule has 0 aliphatic heterocycles. The first-order chi connectivity index (χ1) is 23.2. The highest BCUT2D eigenvalue weighted by Gasteiger charge is 2.36. The minimum atomic E-state index is -0.0799. The van der Waals surface area contributed by atoms with Gasteiger partial charge in [0, 0.05) is 22.4 Å². The molecule has 0 atom stereocenters. The number of hydrogen-bond donors (Lipinski definition) is 0. The topological polar surface area (TPSA) is 3.24 Å². The lowest BCUT2D eigenvalue weighted by atomic mass is 9.81. The molecular formula is C47H47N. The van der Waals surface area contributed by atoms with Gasteiger partial charge in [0.15, 0.2) is 0 Å². The van der Waals surface area contributed by atoms with Crippen LogP contribution in [0.1, 0.15) is 94.9 Å². The largest absolute Gasteiger partial charge is 0.310 e. The maximum absolute atomic E-state index is 2.53. The van der Waals surface area contributed by atoms with Crippen molar-refractivity contribution in [2.75, 3.05) is 4.90 Å². The van der Waals surface area contributed by atoms with Crippen molar-refractivity contribution in [3.63, 3.8) is 0 Å². The van der Waals surface area contributed by atoms with Crippen molar-refractivity contribution in [2.24, 2.45) is 0 Å². The van der Waals surface area contributed by atoms with Crippen molar-refractivity contribution in [2.45, 2.75) is 83.5 Å². The van der Waals surface area contributed by atoms with E-state index in [1.165, 1.54) is 104 Å². The molecule has 8 rings (SSSR count). The smallest absolute Gasteiger partial charge is 0.0546 e. The summed E-state index contributed by atoms with van der Waals surface area (Å²) in [6.45, 7) is 11.7. The van der Waals surface area contributed by atoms with Gasteiger partial charge in [-0.05, 0) is 110 Å². The number of benzene rings is 6. The Morgan fingerprint density at radius 2 is 1.15 bits per heavy atom. The van der Waals surface area contributed by atoms with Crippen LogP contribution in [0.3, 0.4) is 0 Å². The fraction of sp³-hybridized carbons (Fsp3) is 0.277. The number of nitrogens with zero attached hydrogens (tertiary/aromatic N) is 1. The number of rotatable bonds is 5. The van der Waals surface area contributed by atoms with Crippen LogP contribution in [0.15, 0.2) is 127 Å². The molecule has 240 valence electrons. The van der Waals surface area contributed by atoms with Crippen LogP contribution in [-0.4, -0.2) is 0 Å². The van der Waals surface area contributed by atoms with E-state index in [2.05, 4.69) is 167 Å². The van der Waals surface area contributed by atoms with Gasteiger partial charge in [0.25, 0.3) is 0 Å². The predicted octanol–water partition coefficient (Wildman–Crippen LogP) is 13.6. The van der Waals surface area contributed by atoms with Crippen LogP contribution in [0, 0.1) is 0 Å². The lowest BCUT2D eigenvalue weighted by Gasteiger charge is -2.32. The number of anilines is 3. The van der Waals surface area contributed by atoms with E-state index in [9.17, 15) is 0 Å². The van der Waals surface area contributed by atoms with Gasteiger partial charge in [0.05, 0.1) is 5.69 Å². The Kier molecular flexibility index (Phi) is 7.55. The molecule has 0 radical (unpaired) electrons. The molecule has 2 aliphatic rings. The van der Waals surface area contributed by atoms with E-state index in [4.69, 9.17) is 0 Å². The highest BCUT2D eigenvalue weighted by molar-refractivity contribution is 5.99. The minimum Gasteiger partial charge on any atom is -0.310 e. The van der Waals surface area contributed by atoms with Crippen molar-refractivity contribution in [1.29, 1.82) is 0 Å². The quantitative estimate of drug-likeness (QED) is 0.184. The summed E-state index contributed by atoms with van der Waals surface area (Å²) in [6, 6.07) is 48.4. The van der Waals surface area contributed by atoms with Gasteiger partial charge < -0.3 is 4.90 Å². The third kappa shape index (κ3) is 5.25. The first-order valence-electron chi connectivity index (χ1n) is 18.0. The minimum absolute atomic E-state index is 0.00461. The van der Waals surface area contributed by atoms with Crippen LogP contribution in [-0.2, 0) is 10.8 Å². The molecule has 48 heavy (non-hydrogen) atoms. The zero-order chi connectivity index (χ0) is 33.0. The summed E-state index contributed by atoms with van der Waals surface area (Å²) in [4.78, 5) is 2.53. The first kappa shape index (κ1) is 30.7. The Labute approximate surface area is 287 Å². The maximum atomic E-state index is 2.53. The molecule has 0 spiro atoms. The standard InChI is InChI=1S/C47H47N/c1-46(2,3)42-21-13-11-20-39(42)41-29-34-17-9-10-18-35(34)30-45(41)48(36-25-23-33(24-26-36)32-15-7-6-8-16-32)37-27-28-40-38-19-12-14-22-43(38)47(4,5)44(40)31-37/h9-14,17-32H,6-8,15-16H2,1-5H3. The molecule has 6 aromatic rings. The fourth-order valence-electron chi connectivity index (χ4n) is 8.59. The van der Waals surface area contributed by atoms with Crippen LogP contribution < -0.4 is 4.90 Å². The summed E-state index contributed by atoms with van der Waals surface area (Å²) in [5, 5.41) is 2.51. The third-order valence-corrected chi connectivity index (χ3v) is 11.2. The average Bonchev–Trinajstić information content (AvgIpc) is 3.34. The second-order valence-corrected chi connectivity index (χ2v) is 15.7. The highest BCUT2D eigenvalue weighted by atomic mass is 15.1. The van der Waals surface area contributed by atoms with Crippen LogP contribution in [0.2, 0.25) is 0 Å². The molecule has 1 saturated carbocycles. The van der Waals surface area contributed by atoms with Crippen molar-refractivity contribution in [1.82, 2.24) is 0 Å². The second kappa shape index (κ2) is 11.8. The van der Waals surface area contributed by atoms with E-state index in [0.717, 1.165) is 0 Å². The van der Waals surface area contributed by atoms with E-state index in [-0.39, 0.29) is 10.8 Å². The molecular weight excluding hydrogens is 579 g/mol. The zero-order valence-electron chi connectivity index (χ0n) is 29.2. The van der Waals surface area contributed by atoms with Crippen LogP contribution in [0.25, 0.3) is 33.0 Å². The molecule has 0 amide bonds. The Morgan fingerprint density at radius 1 is 0.542 bits per heavy atom. The van der Waals surface area contributed by atoms with Gasteiger partial charge in [0.2, 0.25) is 0 Å². The lowest BCUT2D eigenvalue weighted by Crippen LogP contribution is -2.17. The summed E-state index contributed by atoms with van der Waals surface area (Å²) >= 11 is 0. The fourth-order valence-corrected chi connectivity index (χ4v) is 8.59. The summed E-state index contributed by atoms with van der Waals surface area (Å²) in [5.74, 6) is 0.676. The molecule has 0 bridgehead atoms. The van der Waals surface area contributed by atoms with Crippen LogP contribution in [0.4, 0.5) is 17.1 Å². The number of fused-ring (bicyclic) bond motifs is 4. The predicted molar refractivity (Wildman–Crippen MR) is 206 cm³/mol. The van der Waals surface area contributed by atoms with Gasteiger partial charge in [-0.15, -0.1) is 0 Å². The molecule has 1 heteroatoms. The Morgan fingerprint density at radius 3 is 1.88 bits per heavy atom. The third-order valence-electron chi connectivity index (χ3n) is 11.2. The Balaban J connectivity index is 1.37. The Hall–Kier alpha value is -4.62. The first-order valence-corrected chi connectivity index (χ1v) is 18.0. The van der Waals surface area contributed by atoms with E-state index >= 15 is 0 Å². The van der Waals surface area contributed by atoms with Gasteiger partial charge in [-0.2, -0.15) is 0 Å². The van der Waals surface area contributed by atoms with Gasteiger partial charge in [-0.1, -0.05) is 145 Å². The molecule has 1 fully saturated rings. The van der Waals surface area contributed by atoms with Crippen molar-refractivity contribution < 1.29 is 0 Å². The van der Waals surface area contributed by atoms with Gasteiger partial charge in [0.1, 0.15) is 0 Å². The van der Waals surface area contributed by atoms with E-state index in [1.54, 1.807) is 0 Å². The molecule has 0 aromatic heterocycles. The van der Waals surface area contributed by atoms with Gasteiger partial charge >= 0.3 is 0 Å². The van der Waals surface area contributed by atoms with Crippen molar-refractivity contribution in [3.8, 4) is 22.3 Å². The summed E-state index contributed by atoms with van der Waals surface area (Å²) in [5.41, 5.74) is 14.4. The van der Waals surface area contributed by atoms with Crippen LogP contribution in [0.5, 0.6) is 0 Å². The van der Waals surface area contributed by atoms with E-state index < -0.39 is 0 Å². The van der Waals surface area contributed by atoms with Crippen LogP contribution >= 0.6 is 0 Å². The molecule has 0 heterocycles. The monoisotopic (exact) mass is 625 g/mol. The Bertz CT molecular complexity index is 2120. The average molecular weight is 626 g/mol. The lowest BCUT2D eigenvalue weighted by molar-refractivity contribution is 0.443. The summed E-state index contributed by atoms with van der Waals surface area (Å²) in [6.07, 6.45) is 6.69. The van der Waals surface area contributed by atoms with Crippen molar-refractivity contribution in [3.05, 3.63) is 150 Å². The SMILES string of the molecule is CC(C)(C)c1ccccc1-c1cc2ccccc2cc1N(c1ccc(C2CCCCC2)cc1)c1ccc2c(c1)C(C)(C)c1ccccc1-2. The van der Waals surface area contributed by atoms with Crippen molar-refractivity contribution >= 4 is 27.8 Å². The van der Waals surface area contributed by atoms with E-state index in [1.807, 2.05) is 0 Å². The maximum Gasteiger partial charge on any atom is 0.0546 e. The molecule has 0 N–H and O–H groups in total. The highest BCUT2D eigenvalue weighted by Crippen LogP contribution is 2.52. The van der Waals surface area contributed by atoms with Gasteiger partial charge in [-0.25, -0.2) is 0 Å². The summed E-state index contributed by atoms with van der Waals surface area (Å²) in [7, 11) is 0. The van der Waals surface area contributed by atoms with Gasteiger partial charge in [-0.3, -0.25) is 0 Å². The molecule has 0 unspecified atom stereocenters. The zero-order valence-corrected chi connectivity index (χ0v) is 29.2. The molecule has 0 saturated heterocycles.